The number of benzene rings is 2. The van der Waals surface area contributed by atoms with Crippen molar-refractivity contribution in [3.63, 3.8) is 0 Å². The lowest BCUT2D eigenvalue weighted by atomic mass is 10.0. The van der Waals surface area contributed by atoms with Gasteiger partial charge in [-0.25, -0.2) is 0 Å². The second-order valence-corrected chi connectivity index (χ2v) is 11.8. The van der Waals surface area contributed by atoms with Crippen LogP contribution in [0.5, 0.6) is 0 Å². The summed E-state index contributed by atoms with van der Waals surface area (Å²) in [6.07, 6.45) is 2.10. The van der Waals surface area contributed by atoms with E-state index in [2.05, 4.69) is 75.0 Å². The number of carbonyl (C=O) groups excluding carboxylic acids is 1. The highest BCUT2D eigenvalue weighted by molar-refractivity contribution is 7.03. The van der Waals surface area contributed by atoms with Gasteiger partial charge >= 0.3 is 0 Å². The number of unbranched alkanes of at least 4 members (excludes halogenated alkanes) is 1. The lowest BCUT2D eigenvalue weighted by molar-refractivity contribution is -0.118. The van der Waals surface area contributed by atoms with Gasteiger partial charge < -0.3 is 9.16 Å². The first kappa shape index (κ1) is 20.6. The van der Waals surface area contributed by atoms with E-state index in [9.17, 15) is 4.79 Å². The van der Waals surface area contributed by atoms with E-state index < -0.39 is 8.32 Å². The Bertz CT molecular complexity index is 844. The first-order chi connectivity index (χ1) is 13.4. The van der Waals surface area contributed by atoms with Crippen LogP contribution < -0.4 is 10.4 Å². The van der Waals surface area contributed by atoms with Gasteiger partial charge in [-0.15, -0.1) is 0 Å². The average Bonchev–Trinajstić information content (AvgIpc) is 2.71. The third-order valence-corrected chi connectivity index (χ3v) is 10.8. The van der Waals surface area contributed by atoms with E-state index in [0.717, 1.165) is 12.8 Å². The van der Waals surface area contributed by atoms with Gasteiger partial charge in [-0.05, 0) is 35.7 Å². The molecule has 1 unspecified atom stereocenters. The van der Waals surface area contributed by atoms with E-state index in [-0.39, 0.29) is 16.6 Å². The predicted octanol–water partition coefficient (Wildman–Crippen LogP) is 3.88. The Morgan fingerprint density at radius 3 is 2.43 bits per heavy atom. The molecule has 1 aliphatic rings. The fraction of sp³-hybridized carbons (Fsp3) is 0.375. The number of Topliss-reactive ketones (excluding diaryl/α,β-unsaturated/α-hetero) is 1. The Hall–Kier alpha value is -2.17. The molecule has 1 heterocycles. The lowest BCUT2D eigenvalue weighted by Crippen LogP contribution is -2.80. The molecule has 1 atom stereocenters. The highest BCUT2D eigenvalue weighted by atomic mass is 28.4. The lowest BCUT2D eigenvalue weighted by Gasteiger charge is -2.55. The van der Waals surface area contributed by atoms with Crippen LogP contribution in [0.1, 0.15) is 45.6 Å². The van der Waals surface area contributed by atoms with Crippen LogP contribution in [-0.2, 0) is 19.0 Å². The second-order valence-electron chi connectivity index (χ2n) is 7.80. The van der Waals surface area contributed by atoms with E-state index in [1.54, 1.807) is 0 Å². The number of ketones is 1. The highest BCUT2D eigenvalue weighted by Crippen LogP contribution is 2.42. The Morgan fingerprint density at radius 1 is 1.04 bits per heavy atom. The minimum Gasteiger partial charge on any atom is -0.491 e. The molecule has 28 heavy (non-hydrogen) atoms. The fourth-order valence-corrected chi connectivity index (χ4v) is 9.35. The van der Waals surface area contributed by atoms with Crippen molar-refractivity contribution in [3.8, 4) is 0 Å². The van der Waals surface area contributed by atoms with Crippen molar-refractivity contribution >= 4 is 24.5 Å². The topological polar surface area (TPSA) is 35.5 Å². The SMILES string of the molecule is C=C(OCC)C(=O)CCCCO[Si]1(c2ccccc2)c2ccccc2C1(C)C. The summed E-state index contributed by atoms with van der Waals surface area (Å²) in [5.74, 6) is 0.263. The molecule has 2 aromatic carbocycles. The molecule has 0 amide bonds. The van der Waals surface area contributed by atoms with Crippen molar-refractivity contribution in [1.82, 2.24) is 0 Å². The quantitative estimate of drug-likeness (QED) is 0.265. The molecule has 0 N–H and O–H groups in total. The zero-order chi connectivity index (χ0) is 20.2. The van der Waals surface area contributed by atoms with E-state index in [4.69, 9.17) is 9.16 Å². The van der Waals surface area contributed by atoms with Crippen molar-refractivity contribution in [2.45, 2.75) is 45.1 Å². The summed E-state index contributed by atoms with van der Waals surface area (Å²) in [5.41, 5.74) is 1.40. The van der Waals surface area contributed by atoms with Gasteiger partial charge in [-0.2, -0.15) is 0 Å². The van der Waals surface area contributed by atoms with Gasteiger partial charge in [0.2, 0.25) is 0 Å². The van der Waals surface area contributed by atoms with E-state index in [1.165, 1.54) is 15.9 Å². The molecule has 148 valence electrons. The number of carbonyl (C=O) groups is 1. The number of fused-ring (bicyclic) bond motifs is 1. The third-order valence-electron chi connectivity index (χ3n) is 5.79. The van der Waals surface area contributed by atoms with Crippen molar-refractivity contribution in [3.05, 3.63) is 72.5 Å². The molecule has 0 aromatic heterocycles. The van der Waals surface area contributed by atoms with Crippen molar-refractivity contribution < 1.29 is 14.0 Å². The second kappa shape index (κ2) is 8.46. The maximum Gasteiger partial charge on any atom is 0.265 e. The smallest absolute Gasteiger partial charge is 0.265 e. The molecule has 0 bridgehead atoms. The van der Waals surface area contributed by atoms with Crippen molar-refractivity contribution in [2.75, 3.05) is 13.2 Å². The van der Waals surface area contributed by atoms with Gasteiger partial charge in [0, 0.05) is 18.1 Å². The van der Waals surface area contributed by atoms with E-state index in [1.807, 2.05) is 6.92 Å². The standard InChI is InChI=1S/C24H30O3Si/c1-5-26-19(2)22(25)16-11-12-18-27-28(20-13-7-6-8-14-20)23-17-10-9-15-21(23)24(28,3)4/h6-10,13-15,17H,2,5,11-12,16,18H2,1,3-4H3. The minimum absolute atomic E-state index is 0.00816. The van der Waals surface area contributed by atoms with E-state index >= 15 is 0 Å². The zero-order valence-corrected chi connectivity index (χ0v) is 18.2. The summed E-state index contributed by atoms with van der Waals surface area (Å²) < 4.78 is 12.0. The molecule has 0 aliphatic carbocycles. The number of ether oxygens (including phenoxy) is 1. The molecule has 2 aromatic rings. The molecular formula is C24H30O3Si. The molecule has 3 rings (SSSR count). The monoisotopic (exact) mass is 394 g/mol. The van der Waals surface area contributed by atoms with Crippen LogP contribution in [0, 0.1) is 0 Å². The molecular weight excluding hydrogens is 364 g/mol. The van der Waals surface area contributed by atoms with Crippen LogP contribution in [0.2, 0.25) is 0 Å². The van der Waals surface area contributed by atoms with Gasteiger partial charge in [-0.3, -0.25) is 4.79 Å². The van der Waals surface area contributed by atoms with Crippen LogP contribution in [0.15, 0.2) is 66.9 Å². The van der Waals surface area contributed by atoms with Crippen LogP contribution in [0.3, 0.4) is 0 Å². The van der Waals surface area contributed by atoms with Crippen molar-refractivity contribution in [1.29, 1.82) is 0 Å². The Morgan fingerprint density at radius 2 is 1.71 bits per heavy atom. The maximum absolute atomic E-state index is 12.0. The molecule has 0 fully saturated rings. The number of hydrogen-bond donors (Lipinski definition) is 0. The summed E-state index contributed by atoms with van der Waals surface area (Å²) in [6.45, 7) is 11.3. The zero-order valence-electron chi connectivity index (χ0n) is 17.2. The van der Waals surface area contributed by atoms with Gasteiger partial charge in [0.1, 0.15) is 0 Å². The van der Waals surface area contributed by atoms with Gasteiger partial charge in [0.15, 0.2) is 11.5 Å². The fourth-order valence-electron chi connectivity index (χ4n) is 4.34. The molecule has 3 nitrogen and oxygen atoms in total. The molecule has 0 saturated heterocycles. The summed E-state index contributed by atoms with van der Waals surface area (Å²) in [4.78, 5) is 12.0. The summed E-state index contributed by atoms with van der Waals surface area (Å²) in [5, 5.41) is 2.72. The number of rotatable bonds is 10. The molecule has 0 radical (unpaired) electrons. The van der Waals surface area contributed by atoms with E-state index in [0.29, 0.717) is 19.6 Å². The number of allylic oxidation sites excluding steroid dienone is 1. The average molecular weight is 395 g/mol. The molecule has 0 saturated carbocycles. The minimum atomic E-state index is -2.31. The molecule has 4 heteroatoms. The Kier molecular flexibility index (Phi) is 6.21. The van der Waals surface area contributed by atoms with Crippen LogP contribution in [-0.4, -0.2) is 27.3 Å². The van der Waals surface area contributed by atoms with Crippen LogP contribution in [0.25, 0.3) is 0 Å². The van der Waals surface area contributed by atoms with Gasteiger partial charge in [-0.1, -0.05) is 75.0 Å². The number of hydrogen-bond acceptors (Lipinski definition) is 3. The summed E-state index contributed by atoms with van der Waals surface area (Å²) in [7, 11) is -2.31. The van der Waals surface area contributed by atoms with Gasteiger partial charge in [0.05, 0.1) is 6.61 Å². The maximum atomic E-state index is 12.0. The predicted molar refractivity (Wildman–Crippen MR) is 117 cm³/mol. The van der Waals surface area contributed by atoms with Crippen molar-refractivity contribution in [2.24, 2.45) is 0 Å². The summed E-state index contributed by atoms with van der Waals surface area (Å²) >= 11 is 0. The Labute approximate surface area is 169 Å². The third kappa shape index (κ3) is 3.47. The first-order valence-corrected chi connectivity index (χ1v) is 12.0. The normalized spacial score (nSPS) is 19.4. The molecule has 0 spiro atoms. The molecule has 1 aliphatic heterocycles. The first-order valence-electron chi connectivity index (χ1n) is 10.1. The highest BCUT2D eigenvalue weighted by Gasteiger charge is 2.62. The van der Waals surface area contributed by atoms with Crippen LogP contribution in [0.4, 0.5) is 0 Å². The Balaban J connectivity index is 1.70. The largest absolute Gasteiger partial charge is 0.491 e. The van der Waals surface area contributed by atoms with Crippen LogP contribution >= 0.6 is 0 Å². The summed E-state index contributed by atoms with van der Waals surface area (Å²) in [6, 6.07) is 19.4. The van der Waals surface area contributed by atoms with Gasteiger partial charge in [0.25, 0.3) is 8.32 Å².